The molecule has 0 amide bonds. The van der Waals surface area contributed by atoms with Crippen LogP contribution < -0.4 is 0 Å². The van der Waals surface area contributed by atoms with Crippen molar-refractivity contribution in [1.29, 1.82) is 0 Å². The third kappa shape index (κ3) is 6.84. The Kier molecular flexibility index (Phi) is 8.09. The number of benzene rings is 3. The maximum atomic E-state index is 13.3. The third-order valence-corrected chi connectivity index (χ3v) is 6.04. The molecule has 6 heteroatoms. The van der Waals surface area contributed by atoms with Crippen LogP contribution in [0.3, 0.4) is 0 Å². The molecular weight excluding hydrogens is 411 g/mol. The fourth-order valence-corrected chi connectivity index (χ4v) is 4.11. The number of aliphatic hydroxyl groups is 1. The number of phenols is 1. The SMILES string of the molecule is Cc1ccc(SC(=NCc2ccc(F)cc2)N(CCO)Cc2ccc(O)cc2)c(C)c1. The minimum Gasteiger partial charge on any atom is -0.508 e. The molecule has 0 bridgehead atoms. The van der Waals surface area contributed by atoms with Crippen molar-refractivity contribution < 1.29 is 14.6 Å². The molecule has 3 rings (SSSR count). The lowest BCUT2D eigenvalue weighted by Gasteiger charge is -2.26. The maximum absolute atomic E-state index is 13.3. The molecule has 0 saturated heterocycles. The Morgan fingerprint density at radius 3 is 2.29 bits per heavy atom. The molecule has 0 aromatic heterocycles. The number of aliphatic imine (C=N–C) groups is 1. The number of hydrogen-bond acceptors (Lipinski definition) is 4. The summed E-state index contributed by atoms with van der Waals surface area (Å²) in [6, 6.07) is 19.6. The van der Waals surface area contributed by atoms with Gasteiger partial charge in [0, 0.05) is 18.0 Å². The van der Waals surface area contributed by atoms with E-state index in [9.17, 15) is 14.6 Å². The summed E-state index contributed by atoms with van der Waals surface area (Å²) in [5.41, 5.74) is 4.27. The van der Waals surface area contributed by atoms with Crippen molar-refractivity contribution in [3.8, 4) is 5.75 Å². The number of phenolic OH excluding ortho intramolecular Hbond substituents is 1. The third-order valence-electron chi connectivity index (χ3n) is 4.79. The Labute approximate surface area is 187 Å². The average molecular weight is 439 g/mol. The van der Waals surface area contributed by atoms with Gasteiger partial charge in [-0.1, -0.05) is 53.7 Å². The van der Waals surface area contributed by atoms with Crippen LogP contribution in [-0.2, 0) is 13.1 Å². The lowest BCUT2D eigenvalue weighted by Crippen LogP contribution is -2.31. The van der Waals surface area contributed by atoms with Crippen molar-refractivity contribution in [3.63, 3.8) is 0 Å². The van der Waals surface area contributed by atoms with Crippen LogP contribution in [-0.4, -0.2) is 33.4 Å². The predicted octanol–water partition coefficient (Wildman–Crippen LogP) is 5.29. The first-order chi connectivity index (χ1) is 14.9. The number of aromatic hydroxyl groups is 1. The van der Waals surface area contributed by atoms with E-state index < -0.39 is 0 Å². The van der Waals surface area contributed by atoms with Gasteiger partial charge in [0.1, 0.15) is 11.6 Å². The second-order valence-corrected chi connectivity index (χ2v) is 8.42. The highest BCUT2D eigenvalue weighted by atomic mass is 32.2. The summed E-state index contributed by atoms with van der Waals surface area (Å²) in [5, 5.41) is 20.0. The van der Waals surface area contributed by atoms with E-state index in [1.54, 1.807) is 36.0 Å². The summed E-state index contributed by atoms with van der Waals surface area (Å²) in [7, 11) is 0. The Hall–Kier alpha value is -2.83. The second-order valence-electron chi connectivity index (χ2n) is 7.41. The Morgan fingerprint density at radius 2 is 1.65 bits per heavy atom. The van der Waals surface area contributed by atoms with Gasteiger partial charge in [-0.3, -0.25) is 4.99 Å². The van der Waals surface area contributed by atoms with E-state index in [-0.39, 0.29) is 18.2 Å². The average Bonchev–Trinajstić information content (AvgIpc) is 2.75. The van der Waals surface area contributed by atoms with E-state index in [1.165, 1.54) is 17.7 Å². The minimum atomic E-state index is -0.271. The van der Waals surface area contributed by atoms with E-state index in [1.807, 2.05) is 17.0 Å². The van der Waals surface area contributed by atoms with E-state index in [4.69, 9.17) is 4.99 Å². The lowest BCUT2D eigenvalue weighted by atomic mass is 10.2. The first-order valence-electron chi connectivity index (χ1n) is 10.1. The summed E-state index contributed by atoms with van der Waals surface area (Å²) < 4.78 is 13.3. The highest BCUT2D eigenvalue weighted by Crippen LogP contribution is 2.27. The molecule has 0 saturated carbocycles. The number of hydrogen-bond donors (Lipinski definition) is 2. The number of thioether (sulfide) groups is 1. The molecule has 3 aromatic rings. The van der Waals surface area contributed by atoms with Crippen molar-refractivity contribution >= 4 is 16.9 Å². The maximum Gasteiger partial charge on any atom is 0.164 e. The van der Waals surface area contributed by atoms with Gasteiger partial charge >= 0.3 is 0 Å². The molecule has 0 unspecified atom stereocenters. The Morgan fingerprint density at radius 1 is 0.968 bits per heavy atom. The molecule has 0 spiro atoms. The molecule has 0 aliphatic heterocycles. The summed E-state index contributed by atoms with van der Waals surface area (Å²) in [4.78, 5) is 7.96. The number of aryl methyl sites for hydroxylation is 2. The summed E-state index contributed by atoms with van der Waals surface area (Å²) in [6.07, 6.45) is 0. The Bertz CT molecular complexity index is 1020. The summed E-state index contributed by atoms with van der Waals surface area (Å²) in [5.74, 6) is -0.0563. The normalized spacial score (nSPS) is 11.5. The van der Waals surface area contributed by atoms with Gasteiger partial charge < -0.3 is 15.1 Å². The van der Waals surface area contributed by atoms with Crippen LogP contribution in [0, 0.1) is 19.7 Å². The van der Waals surface area contributed by atoms with E-state index in [2.05, 4.69) is 32.0 Å². The van der Waals surface area contributed by atoms with Crippen LogP contribution in [0.5, 0.6) is 5.75 Å². The van der Waals surface area contributed by atoms with E-state index >= 15 is 0 Å². The van der Waals surface area contributed by atoms with Gasteiger partial charge in [-0.15, -0.1) is 0 Å². The zero-order valence-corrected chi connectivity index (χ0v) is 18.6. The number of aliphatic hydroxyl groups excluding tert-OH is 1. The van der Waals surface area contributed by atoms with Gasteiger partial charge in [0.15, 0.2) is 5.17 Å². The largest absolute Gasteiger partial charge is 0.508 e. The Balaban J connectivity index is 1.91. The standard InChI is InChI=1S/C25H27FN2O2S/c1-18-3-12-24(19(2)15-18)31-25(27-16-20-4-8-22(26)9-5-20)28(13-14-29)17-21-6-10-23(30)11-7-21/h3-12,15,29-30H,13-14,16-17H2,1-2H3. The van der Waals surface area contributed by atoms with Crippen molar-refractivity contribution in [2.24, 2.45) is 4.99 Å². The predicted molar refractivity (Wildman–Crippen MR) is 125 cm³/mol. The molecule has 0 aliphatic rings. The van der Waals surface area contributed by atoms with Crippen LogP contribution in [0.1, 0.15) is 22.3 Å². The van der Waals surface area contributed by atoms with E-state index in [0.29, 0.717) is 19.6 Å². The van der Waals surface area contributed by atoms with Gasteiger partial charge in [-0.2, -0.15) is 0 Å². The van der Waals surface area contributed by atoms with Gasteiger partial charge in [0.2, 0.25) is 0 Å². The second kappa shape index (κ2) is 11.0. The van der Waals surface area contributed by atoms with E-state index in [0.717, 1.165) is 26.8 Å². The number of rotatable bonds is 7. The van der Waals surface area contributed by atoms with Crippen molar-refractivity contribution in [2.45, 2.75) is 31.8 Å². The quantitative estimate of drug-likeness (QED) is 0.299. The molecular formula is C25H27FN2O2S. The highest BCUT2D eigenvalue weighted by molar-refractivity contribution is 8.13. The zero-order valence-electron chi connectivity index (χ0n) is 17.8. The van der Waals surface area contributed by atoms with Crippen LogP contribution in [0.25, 0.3) is 0 Å². The topological polar surface area (TPSA) is 56.1 Å². The molecule has 31 heavy (non-hydrogen) atoms. The fourth-order valence-electron chi connectivity index (χ4n) is 3.14. The molecule has 0 aliphatic carbocycles. The molecule has 0 radical (unpaired) electrons. The number of nitrogens with zero attached hydrogens (tertiary/aromatic N) is 2. The molecule has 0 heterocycles. The summed E-state index contributed by atoms with van der Waals surface area (Å²) in [6.45, 7) is 5.49. The van der Waals surface area contributed by atoms with Gasteiger partial charge in [0.05, 0.1) is 13.2 Å². The van der Waals surface area contributed by atoms with Gasteiger partial charge in [-0.25, -0.2) is 4.39 Å². The molecule has 4 nitrogen and oxygen atoms in total. The number of halogens is 1. The summed E-state index contributed by atoms with van der Waals surface area (Å²) >= 11 is 1.56. The molecule has 0 atom stereocenters. The first kappa shape index (κ1) is 22.8. The molecule has 3 aromatic carbocycles. The van der Waals surface area contributed by atoms with Gasteiger partial charge in [-0.05, 0) is 60.9 Å². The highest BCUT2D eigenvalue weighted by Gasteiger charge is 2.15. The van der Waals surface area contributed by atoms with Crippen LogP contribution in [0.4, 0.5) is 4.39 Å². The van der Waals surface area contributed by atoms with Crippen LogP contribution in [0.15, 0.2) is 76.6 Å². The monoisotopic (exact) mass is 438 g/mol. The molecule has 2 N–H and O–H groups in total. The van der Waals surface area contributed by atoms with Crippen molar-refractivity contribution in [1.82, 2.24) is 4.90 Å². The van der Waals surface area contributed by atoms with Crippen molar-refractivity contribution in [2.75, 3.05) is 13.2 Å². The zero-order chi connectivity index (χ0) is 22.2. The van der Waals surface area contributed by atoms with Crippen molar-refractivity contribution in [3.05, 3.63) is 94.8 Å². The fraction of sp³-hybridized carbons (Fsp3) is 0.240. The van der Waals surface area contributed by atoms with Gasteiger partial charge in [0.25, 0.3) is 0 Å². The minimum absolute atomic E-state index is 0.0128. The first-order valence-corrected chi connectivity index (χ1v) is 10.9. The molecule has 162 valence electrons. The van der Waals surface area contributed by atoms with Crippen LogP contribution in [0.2, 0.25) is 0 Å². The molecule has 0 fully saturated rings. The number of amidine groups is 1. The smallest absolute Gasteiger partial charge is 0.164 e. The lowest BCUT2D eigenvalue weighted by molar-refractivity contribution is 0.248. The van der Waals surface area contributed by atoms with Crippen LogP contribution >= 0.6 is 11.8 Å².